The van der Waals surface area contributed by atoms with E-state index in [1.165, 1.54) is 6.07 Å². The van der Waals surface area contributed by atoms with Gasteiger partial charge in [0.05, 0.1) is 9.40 Å². The van der Waals surface area contributed by atoms with Crippen molar-refractivity contribution in [1.82, 2.24) is 0 Å². The second kappa shape index (κ2) is 5.83. The minimum Gasteiger partial charge on any atom is -0.375 e. The second-order valence-corrected chi connectivity index (χ2v) is 5.59. The number of anilines is 1. The molecule has 0 bridgehead atoms. The van der Waals surface area contributed by atoms with Crippen LogP contribution in [0.5, 0.6) is 0 Å². The van der Waals surface area contributed by atoms with Crippen molar-refractivity contribution < 1.29 is 9.31 Å². The highest BCUT2D eigenvalue weighted by Gasteiger charge is 2.25. The van der Waals surface area contributed by atoms with Crippen LogP contribution < -0.4 is 11.1 Å². The fourth-order valence-corrected chi connectivity index (χ4v) is 2.67. The molecule has 1 saturated carbocycles. The minimum absolute atomic E-state index is 0.0481. The van der Waals surface area contributed by atoms with Crippen molar-refractivity contribution in [3.05, 3.63) is 32.5 Å². The molecule has 2 rings (SSSR count). The molecule has 3 N–H and O–H groups in total. The van der Waals surface area contributed by atoms with Gasteiger partial charge in [0, 0.05) is 24.2 Å². The molecular formula is C12H15BrFN3O2. The summed E-state index contributed by atoms with van der Waals surface area (Å²) in [4.78, 5) is 10.5. The average molecular weight is 332 g/mol. The first-order valence-corrected chi connectivity index (χ1v) is 6.94. The fourth-order valence-electron chi connectivity index (χ4n) is 2.34. The second-order valence-electron chi connectivity index (χ2n) is 4.74. The van der Waals surface area contributed by atoms with E-state index in [1.54, 1.807) is 0 Å². The highest BCUT2D eigenvalue weighted by atomic mass is 79.9. The minimum atomic E-state index is -0.530. The van der Waals surface area contributed by atoms with Crippen LogP contribution in [0.25, 0.3) is 0 Å². The molecule has 1 aliphatic rings. The van der Waals surface area contributed by atoms with Gasteiger partial charge >= 0.3 is 0 Å². The molecule has 0 heterocycles. The zero-order chi connectivity index (χ0) is 14.0. The molecule has 2 atom stereocenters. The first kappa shape index (κ1) is 14.2. The lowest BCUT2D eigenvalue weighted by Crippen LogP contribution is -2.42. The Morgan fingerprint density at radius 2 is 2.11 bits per heavy atom. The summed E-state index contributed by atoms with van der Waals surface area (Å²) in [5.74, 6) is -0.530. The molecule has 0 saturated heterocycles. The number of halogens is 2. The molecule has 0 amide bonds. The molecule has 1 aromatic carbocycles. The third kappa shape index (κ3) is 3.22. The number of hydrogen-bond donors (Lipinski definition) is 2. The molecule has 0 spiro atoms. The third-order valence-electron chi connectivity index (χ3n) is 3.40. The number of nitrogens with one attached hydrogen (secondary N) is 1. The van der Waals surface area contributed by atoms with Gasteiger partial charge in [-0.25, -0.2) is 4.39 Å². The number of nitro benzene ring substituents is 1. The Morgan fingerprint density at radius 1 is 1.42 bits per heavy atom. The van der Waals surface area contributed by atoms with E-state index in [-0.39, 0.29) is 27.9 Å². The monoisotopic (exact) mass is 331 g/mol. The van der Waals surface area contributed by atoms with Crippen LogP contribution >= 0.6 is 15.9 Å². The maximum absolute atomic E-state index is 13.5. The molecule has 0 aromatic heterocycles. The molecule has 1 aromatic rings. The molecule has 0 radical (unpaired) electrons. The molecule has 0 aliphatic heterocycles. The van der Waals surface area contributed by atoms with Gasteiger partial charge in [0.1, 0.15) is 11.5 Å². The van der Waals surface area contributed by atoms with Gasteiger partial charge in [-0.05, 0) is 28.8 Å². The summed E-state index contributed by atoms with van der Waals surface area (Å²) in [6.07, 6.45) is 3.81. The Labute approximate surface area is 118 Å². The van der Waals surface area contributed by atoms with Crippen molar-refractivity contribution in [2.45, 2.75) is 37.8 Å². The average Bonchev–Trinajstić information content (AvgIpc) is 2.36. The molecule has 19 heavy (non-hydrogen) atoms. The Balaban J connectivity index is 2.27. The van der Waals surface area contributed by atoms with Crippen LogP contribution in [0.15, 0.2) is 16.6 Å². The third-order valence-corrected chi connectivity index (χ3v) is 4.00. The van der Waals surface area contributed by atoms with Crippen LogP contribution in [-0.2, 0) is 0 Å². The SMILES string of the molecule is N[C@@H]1CCCC[C@H]1Nc1cc(F)c(Br)cc1[N+](=O)[O-]. The number of nitrogens with zero attached hydrogens (tertiary/aromatic N) is 1. The van der Waals surface area contributed by atoms with Gasteiger partial charge < -0.3 is 11.1 Å². The van der Waals surface area contributed by atoms with E-state index in [2.05, 4.69) is 21.2 Å². The Morgan fingerprint density at radius 3 is 2.74 bits per heavy atom. The summed E-state index contributed by atoms with van der Waals surface area (Å²) >= 11 is 2.95. The zero-order valence-electron chi connectivity index (χ0n) is 10.2. The van der Waals surface area contributed by atoms with Crippen molar-refractivity contribution >= 4 is 27.3 Å². The first-order valence-electron chi connectivity index (χ1n) is 6.14. The van der Waals surface area contributed by atoms with Crippen molar-refractivity contribution in [2.75, 3.05) is 5.32 Å². The van der Waals surface area contributed by atoms with Crippen molar-refractivity contribution in [3.8, 4) is 0 Å². The lowest BCUT2D eigenvalue weighted by molar-refractivity contribution is -0.384. The fraction of sp³-hybridized carbons (Fsp3) is 0.500. The predicted molar refractivity (Wildman–Crippen MR) is 74.6 cm³/mol. The highest BCUT2D eigenvalue weighted by Crippen LogP contribution is 2.32. The van der Waals surface area contributed by atoms with E-state index in [0.717, 1.165) is 31.7 Å². The zero-order valence-corrected chi connectivity index (χ0v) is 11.8. The van der Waals surface area contributed by atoms with E-state index in [4.69, 9.17) is 5.73 Å². The number of nitro groups is 1. The highest BCUT2D eigenvalue weighted by molar-refractivity contribution is 9.10. The smallest absolute Gasteiger partial charge is 0.293 e. The van der Waals surface area contributed by atoms with Gasteiger partial charge in [0.15, 0.2) is 0 Å². The van der Waals surface area contributed by atoms with Gasteiger partial charge in [0.25, 0.3) is 5.69 Å². The predicted octanol–water partition coefficient (Wildman–Crippen LogP) is 3.18. The van der Waals surface area contributed by atoms with Gasteiger partial charge in [-0.1, -0.05) is 12.8 Å². The van der Waals surface area contributed by atoms with Gasteiger partial charge in [-0.15, -0.1) is 0 Å². The quantitative estimate of drug-likeness (QED) is 0.658. The maximum Gasteiger partial charge on any atom is 0.293 e. The standard InChI is InChI=1S/C12H15BrFN3O2/c13-7-5-12(17(18)19)11(6-8(7)14)16-10-4-2-1-3-9(10)15/h5-6,9-10,16H,1-4,15H2/t9-,10-/m1/s1. The van der Waals surface area contributed by atoms with Crippen LogP contribution in [0, 0.1) is 15.9 Å². The van der Waals surface area contributed by atoms with Gasteiger partial charge in [0.2, 0.25) is 0 Å². The van der Waals surface area contributed by atoms with Crippen LogP contribution in [0.3, 0.4) is 0 Å². The summed E-state index contributed by atoms with van der Waals surface area (Å²) in [7, 11) is 0. The summed E-state index contributed by atoms with van der Waals surface area (Å²) in [5.41, 5.74) is 6.03. The molecular weight excluding hydrogens is 317 g/mol. The van der Waals surface area contributed by atoms with E-state index >= 15 is 0 Å². The first-order chi connectivity index (χ1) is 8.99. The number of nitrogens with two attached hydrogens (primary N) is 1. The van der Waals surface area contributed by atoms with Crippen LogP contribution in [0.2, 0.25) is 0 Å². The Hall–Kier alpha value is -1.21. The Bertz CT molecular complexity index is 498. The van der Waals surface area contributed by atoms with Crippen LogP contribution in [0.4, 0.5) is 15.8 Å². The normalized spacial score (nSPS) is 23.1. The molecule has 0 unspecified atom stereocenters. The number of rotatable bonds is 3. The van der Waals surface area contributed by atoms with Gasteiger partial charge in [-0.2, -0.15) is 0 Å². The molecule has 7 heteroatoms. The largest absolute Gasteiger partial charge is 0.375 e. The van der Waals surface area contributed by atoms with Crippen molar-refractivity contribution in [3.63, 3.8) is 0 Å². The van der Waals surface area contributed by atoms with Gasteiger partial charge in [-0.3, -0.25) is 10.1 Å². The van der Waals surface area contributed by atoms with E-state index in [0.29, 0.717) is 0 Å². The lowest BCUT2D eigenvalue weighted by atomic mass is 9.91. The molecule has 1 fully saturated rings. The van der Waals surface area contributed by atoms with Crippen LogP contribution in [0.1, 0.15) is 25.7 Å². The number of hydrogen-bond acceptors (Lipinski definition) is 4. The topological polar surface area (TPSA) is 81.2 Å². The van der Waals surface area contributed by atoms with Crippen LogP contribution in [-0.4, -0.2) is 17.0 Å². The summed E-state index contributed by atoms with van der Waals surface area (Å²) in [5, 5.41) is 14.0. The maximum atomic E-state index is 13.5. The van der Waals surface area contributed by atoms with E-state index in [9.17, 15) is 14.5 Å². The molecule has 1 aliphatic carbocycles. The summed E-state index contributed by atoms with van der Waals surface area (Å²) < 4.78 is 13.6. The summed E-state index contributed by atoms with van der Waals surface area (Å²) in [6.45, 7) is 0. The lowest BCUT2D eigenvalue weighted by Gasteiger charge is -2.30. The van der Waals surface area contributed by atoms with E-state index < -0.39 is 10.7 Å². The Kier molecular flexibility index (Phi) is 4.36. The molecule has 104 valence electrons. The summed E-state index contributed by atoms with van der Waals surface area (Å²) in [6, 6.07) is 2.21. The van der Waals surface area contributed by atoms with Crippen molar-refractivity contribution in [1.29, 1.82) is 0 Å². The number of benzene rings is 1. The molecule has 5 nitrogen and oxygen atoms in total. The van der Waals surface area contributed by atoms with Crippen molar-refractivity contribution in [2.24, 2.45) is 5.73 Å². The van der Waals surface area contributed by atoms with E-state index in [1.807, 2.05) is 0 Å².